The first-order valence-corrected chi connectivity index (χ1v) is 8.84. The molecule has 9 heteroatoms. The number of thioether (sulfide) groups is 1. The third-order valence-electron chi connectivity index (χ3n) is 4.02. The minimum absolute atomic E-state index is 0.176. The van der Waals surface area contributed by atoms with Crippen molar-refractivity contribution in [3.63, 3.8) is 0 Å². The normalized spacial score (nSPS) is 21.6. The third-order valence-corrected chi connectivity index (χ3v) is 5.36. The summed E-state index contributed by atoms with van der Waals surface area (Å²) >= 11 is 1.32. The van der Waals surface area contributed by atoms with Gasteiger partial charge >= 0.3 is 11.9 Å². The highest BCUT2D eigenvalue weighted by atomic mass is 32.2. The molecule has 2 aliphatic heterocycles. The second-order valence-corrected chi connectivity index (χ2v) is 6.87. The number of β-lactam (4-membered cyclic amide) rings is 1. The Morgan fingerprint density at radius 1 is 1.31 bits per heavy atom. The number of hydrogen-bond donors (Lipinski definition) is 2. The van der Waals surface area contributed by atoms with Crippen LogP contribution in [0, 0.1) is 0 Å². The van der Waals surface area contributed by atoms with Crippen LogP contribution in [0.2, 0.25) is 0 Å². The zero-order chi connectivity index (χ0) is 18.8. The molecule has 0 radical (unpaired) electrons. The van der Waals surface area contributed by atoms with Crippen molar-refractivity contribution >= 4 is 35.5 Å². The van der Waals surface area contributed by atoms with E-state index in [1.54, 1.807) is 30.3 Å². The average Bonchev–Trinajstić information content (AvgIpc) is 2.63. The maximum atomic E-state index is 12.5. The number of benzene rings is 1. The Kier molecular flexibility index (Phi) is 4.99. The van der Waals surface area contributed by atoms with Crippen LogP contribution in [0.3, 0.4) is 0 Å². The van der Waals surface area contributed by atoms with Crippen molar-refractivity contribution in [2.24, 2.45) is 0 Å². The number of carbonyl (C=O) groups is 4. The first-order valence-electron chi connectivity index (χ1n) is 7.79. The van der Waals surface area contributed by atoms with E-state index in [4.69, 9.17) is 4.74 Å². The van der Waals surface area contributed by atoms with Gasteiger partial charge in [0, 0.05) is 23.8 Å². The highest BCUT2D eigenvalue weighted by Gasteiger charge is 2.54. The molecule has 1 fully saturated rings. The Hall–Kier alpha value is -2.81. The number of carbonyl (C=O) groups excluding carboxylic acids is 3. The number of nitrogens with one attached hydrogen (secondary N) is 1. The zero-order valence-electron chi connectivity index (χ0n) is 13.8. The highest BCUT2D eigenvalue weighted by molar-refractivity contribution is 8.00. The summed E-state index contributed by atoms with van der Waals surface area (Å²) in [6, 6.07) is 7.67. The first-order chi connectivity index (χ1) is 12.4. The lowest BCUT2D eigenvalue weighted by atomic mass is 10.0. The SMILES string of the molecule is CC(=O)OCC1=C(C(=O)O)N2C(=O)C(NC(=O)c3ccccc3)[C@H]2SC1. The third kappa shape index (κ3) is 3.30. The molecule has 8 nitrogen and oxygen atoms in total. The van der Waals surface area contributed by atoms with E-state index in [-0.39, 0.29) is 12.3 Å². The quantitative estimate of drug-likeness (QED) is 0.571. The van der Waals surface area contributed by atoms with Gasteiger partial charge in [-0.2, -0.15) is 0 Å². The largest absolute Gasteiger partial charge is 0.477 e. The molecule has 1 aromatic carbocycles. The Bertz CT molecular complexity index is 807. The summed E-state index contributed by atoms with van der Waals surface area (Å²) in [6.45, 7) is 1.05. The van der Waals surface area contributed by atoms with Crippen LogP contribution in [0.25, 0.3) is 0 Å². The molecule has 136 valence electrons. The number of carboxylic acids is 1. The van der Waals surface area contributed by atoms with Crippen LogP contribution in [0.5, 0.6) is 0 Å². The van der Waals surface area contributed by atoms with Crippen LogP contribution in [0.15, 0.2) is 41.6 Å². The van der Waals surface area contributed by atoms with Crippen LogP contribution >= 0.6 is 11.8 Å². The van der Waals surface area contributed by atoms with Gasteiger partial charge in [-0.15, -0.1) is 11.8 Å². The number of aliphatic carboxylic acids is 1. The fraction of sp³-hybridized carbons (Fsp3) is 0.294. The minimum Gasteiger partial charge on any atom is -0.477 e. The molecule has 1 saturated heterocycles. The van der Waals surface area contributed by atoms with E-state index in [1.807, 2.05) is 0 Å². The lowest BCUT2D eigenvalue weighted by molar-refractivity contribution is -0.149. The van der Waals surface area contributed by atoms with E-state index >= 15 is 0 Å². The first kappa shape index (κ1) is 18.0. The smallest absolute Gasteiger partial charge is 0.352 e. The van der Waals surface area contributed by atoms with Crippen LogP contribution in [0.4, 0.5) is 0 Å². The van der Waals surface area contributed by atoms with E-state index in [0.29, 0.717) is 16.9 Å². The van der Waals surface area contributed by atoms with Crippen LogP contribution in [0.1, 0.15) is 17.3 Å². The maximum absolute atomic E-state index is 12.5. The van der Waals surface area contributed by atoms with Gasteiger partial charge in [0.15, 0.2) is 0 Å². The van der Waals surface area contributed by atoms with Gasteiger partial charge < -0.3 is 15.2 Å². The Balaban J connectivity index is 1.76. The van der Waals surface area contributed by atoms with Crippen LogP contribution in [-0.2, 0) is 19.1 Å². The van der Waals surface area contributed by atoms with Crippen LogP contribution in [-0.4, -0.2) is 57.5 Å². The standard InChI is InChI=1S/C17H16N2O6S/c1-9(20)25-7-11-8-26-16-12(15(22)19(16)13(11)17(23)24)18-14(21)10-5-3-2-4-6-10/h2-6,12,16H,7-8H2,1H3,(H,18,21)(H,23,24)/t12?,16-/m1/s1. The molecule has 26 heavy (non-hydrogen) atoms. The summed E-state index contributed by atoms with van der Waals surface area (Å²) in [5.41, 5.74) is 0.601. The predicted octanol–water partition coefficient (Wildman–Crippen LogP) is 0.602. The van der Waals surface area contributed by atoms with Crippen molar-refractivity contribution in [3.05, 3.63) is 47.2 Å². The average molecular weight is 376 g/mol. The number of hydrogen-bond acceptors (Lipinski definition) is 6. The van der Waals surface area contributed by atoms with Gasteiger partial charge in [-0.25, -0.2) is 4.79 Å². The van der Waals surface area contributed by atoms with Crippen molar-refractivity contribution in [2.45, 2.75) is 18.3 Å². The van der Waals surface area contributed by atoms with Crippen molar-refractivity contribution in [2.75, 3.05) is 12.4 Å². The predicted molar refractivity (Wildman–Crippen MR) is 92.1 cm³/mol. The Morgan fingerprint density at radius 2 is 2.00 bits per heavy atom. The second-order valence-electron chi connectivity index (χ2n) is 5.76. The van der Waals surface area contributed by atoms with Gasteiger partial charge in [-0.05, 0) is 12.1 Å². The molecule has 0 aromatic heterocycles. The number of fused-ring (bicyclic) bond motifs is 1. The summed E-state index contributed by atoms with van der Waals surface area (Å²) in [7, 11) is 0. The summed E-state index contributed by atoms with van der Waals surface area (Å²) in [4.78, 5) is 48.4. The molecule has 3 rings (SSSR count). The number of rotatable bonds is 5. The van der Waals surface area contributed by atoms with Gasteiger partial charge in [0.2, 0.25) is 0 Å². The van der Waals surface area contributed by atoms with E-state index in [1.165, 1.54) is 18.7 Å². The summed E-state index contributed by atoms with van der Waals surface area (Å²) < 4.78 is 4.87. The highest BCUT2D eigenvalue weighted by Crippen LogP contribution is 2.40. The Morgan fingerprint density at radius 3 is 2.62 bits per heavy atom. The van der Waals surface area contributed by atoms with Crippen molar-refractivity contribution in [1.82, 2.24) is 10.2 Å². The fourth-order valence-corrected chi connectivity index (χ4v) is 4.12. The van der Waals surface area contributed by atoms with Gasteiger partial charge in [0.05, 0.1) is 0 Å². The summed E-state index contributed by atoms with van der Waals surface area (Å²) in [5.74, 6) is -2.39. The molecule has 0 aliphatic carbocycles. The zero-order valence-corrected chi connectivity index (χ0v) is 14.6. The molecule has 1 unspecified atom stereocenters. The van der Waals surface area contributed by atoms with E-state index < -0.39 is 35.2 Å². The van der Waals surface area contributed by atoms with E-state index in [0.717, 1.165) is 4.90 Å². The molecule has 0 spiro atoms. The molecular formula is C17H16N2O6S. The number of carboxylic acid groups (broad SMARTS) is 1. The fourth-order valence-electron chi connectivity index (χ4n) is 2.80. The number of ether oxygens (including phenoxy) is 1. The van der Waals surface area contributed by atoms with Crippen molar-refractivity contribution in [3.8, 4) is 0 Å². The van der Waals surface area contributed by atoms with Crippen molar-refractivity contribution < 1.29 is 29.0 Å². The summed E-state index contributed by atoms with van der Waals surface area (Å²) in [6.07, 6.45) is 0. The Labute approximate surface area is 153 Å². The van der Waals surface area contributed by atoms with Gasteiger partial charge in [-0.1, -0.05) is 18.2 Å². The van der Waals surface area contributed by atoms with Gasteiger partial charge in [-0.3, -0.25) is 19.3 Å². The lowest BCUT2D eigenvalue weighted by Crippen LogP contribution is -2.70. The van der Waals surface area contributed by atoms with Gasteiger partial charge in [0.25, 0.3) is 11.8 Å². The maximum Gasteiger partial charge on any atom is 0.352 e. The second kappa shape index (κ2) is 7.20. The topological polar surface area (TPSA) is 113 Å². The number of amides is 2. The molecule has 2 aliphatic rings. The molecule has 0 bridgehead atoms. The van der Waals surface area contributed by atoms with Gasteiger partial charge in [0.1, 0.15) is 23.7 Å². The molecule has 2 atom stereocenters. The summed E-state index contributed by atoms with van der Waals surface area (Å²) in [5, 5.41) is 11.6. The molecule has 1 aromatic rings. The molecule has 2 heterocycles. The molecule has 2 N–H and O–H groups in total. The monoisotopic (exact) mass is 376 g/mol. The minimum atomic E-state index is -1.27. The number of nitrogens with zero attached hydrogens (tertiary/aromatic N) is 1. The van der Waals surface area contributed by atoms with Crippen molar-refractivity contribution in [1.29, 1.82) is 0 Å². The van der Waals surface area contributed by atoms with Crippen LogP contribution < -0.4 is 5.32 Å². The molecular weight excluding hydrogens is 360 g/mol. The van der Waals surface area contributed by atoms with E-state index in [2.05, 4.69) is 5.32 Å². The lowest BCUT2D eigenvalue weighted by Gasteiger charge is -2.49. The number of esters is 1. The van der Waals surface area contributed by atoms with E-state index in [9.17, 15) is 24.3 Å². The molecule has 0 saturated carbocycles. The molecule has 2 amide bonds.